The second-order valence-corrected chi connectivity index (χ2v) is 7.32. The lowest BCUT2D eigenvalue weighted by atomic mass is 10.00. The number of thiazole rings is 1. The molecule has 0 atom stereocenters. The van der Waals surface area contributed by atoms with E-state index >= 15 is 0 Å². The summed E-state index contributed by atoms with van der Waals surface area (Å²) in [4.78, 5) is 9.65. The smallest absolute Gasteiger partial charge is 0.118 e. The molecule has 1 aliphatic carbocycles. The molecule has 3 nitrogen and oxygen atoms in total. The van der Waals surface area contributed by atoms with Gasteiger partial charge in [0.2, 0.25) is 0 Å². The summed E-state index contributed by atoms with van der Waals surface area (Å²) in [5.41, 5.74) is 8.27. The fraction of sp³-hybridized carbons (Fsp3) is 0.238. The minimum Gasteiger partial charge on any atom is -0.399 e. The van der Waals surface area contributed by atoms with E-state index in [0.717, 1.165) is 35.5 Å². The summed E-state index contributed by atoms with van der Waals surface area (Å²) in [5.74, 6) is 0. The maximum absolute atomic E-state index is 5.10. The van der Waals surface area contributed by atoms with Gasteiger partial charge in [-0.25, -0.2) is 4.98 Å². The molecule has 0 unspecified atom stereocenters. The van der Waals surface area contributed by atoms with Crippen LogP contribution in [0.1, 0.15) is 33.8 Å². The van der Waals surface area contributed by atoms with Crippen molar-refractivity contribution in [3.8, 4) is 11.1 Å². The van der Waals surface area contributed by atoms with E-state index in [1.54, 1.807) is 18.4 Å². The number of aryl methyl sites for hydroxylation is 3. The van der Waals surface area contributed by atoms with Crippen LogP contribution in [0.5, 0.6) is 0 Å². The molecule has 0 fully saturated rings. The van der Waals surface area contributed by atoms with Crippen molar-refractivity contribution < 1.29 is 4.84 Å². The number of nitrogens with zero attached hydrogens (tertiary/aromatic N) is 2. The molecule has 1 aromatic heterocycles. The predicted octanol–water partition coefficient (Wildman–Crippen LogP) is 5.01. The number of rotatable bonds is 5. The second kappa shape index (κ2) is 6.81. The van der Waals surface area contributed by atoms with Crippen LogP contribution in [0.2, 0.25) is 0 Å². The van der Waals surface area contributed by atoms with E-state index in [0.29, 0.717) is 0 Å². The molecule has 1 heterocycles. The molecule has 0 bridgehead atoms. The molecule has 0 aliphatic heterocycles. The second-order valence-electron chi connectivity index (χ2n) is 6.26. The first kappa shape index (κ1) is 16.0. The highest BCUT2D eigenvalue weighted by Gasteiger charge is 2.25. The van der Waals surface area contributed by atoms with Crippen molar-refractivity contribution in [2.45, 2.75) is 26.2 Å². The lowest BCUT2D eigenvalue weighted by Gasteiger charge is -2.05. The van der Waals surface area contributed by atoms with E-state index in [2.05, 4.69) is 58.8 Å². The number of hydrogen-bond acceptors (Lipinski definition) is 4. The average Bonchev–Trinajstić information content (AvgIpc) is 3.17. The Hall–Kier alpha value is -2.46. The third-order valence-electron chi connectivity index (χ3n) is 4.56. The summed E-state index contributed by atoms with van der Waals surface area (Å²) in [6, 6.07) is 15.1. The number of benzene rings is 2. The van der Waals surface area contributed by atoms with Gasteiger partial charge in [0.1, 0.15) is 12.8 Å². The Morgan fingerprint density at radius 3 is 2.56 bits per heavy atom. The minimum atomic E-state index is 0.935. The zero-order chi connectivity index (χ0) is 17.2. The van der Waals surface area contributed by atoms with E-state index in [-0.39, 0.29) is 0 Å². The van der Waals surface area contributed by atoms with Crippen LogP contribution in [0.15, 0.2) is 53.0 Å². The van der Waals surface area contributed by atoms with Gasteiger partial charge in [-0.15, -0.1) is 11.3 Å². The third-order valence-corrected chi connectivity index (χ3v) is 5.38. The topological polar surface area (TPSA) is 34.5 Å². The van der Waals surface area contributed by atoms with Gasteiger partial charge in [-0.05, 0) is 48.9 Å². The Balaban J connectivity index is 1.57. The minimum absolute atomic E-state index is 0.935. The zero-order valence-electron chi connectivity index (χ0n) is 14.5. The number of hydrogen-bond donors (Lipinski definition) is 0. The highest BCUT2D eigenvalue weighted by Crippen LogP contribution is 2.37. The van der Waals surface area contributed by atoms with E-state index in [9.17, 15) is 0 Å². The van der Waals surface area contributed by atoms with Gasteiger partial charge in [-0.3, -0.25) is 0 Å². The van der Waals surface area contributed by atoms with Crippen molar-refractivity contribution in [3.05, 3.63) is 75.2 Å². The van der Waals surface area contributed by atoms with Gasteiger partial charge in [0, 0.05) is 16.5 Å². The van der Waals surface area contributed by atoms with Gasteiger partial charge in [-0.2, -0.15) is 0 Å². The van der Waals surface area contributed by atoms with Crippen LogP contribution < -0.4 is 0 Å². The molecule has 0 radical (unpaired) electrons. The first-order valence-electron chi connectivity index (χ1n) is 8.51. The van der Waals surface area contributed by atoms with Crippen molar-refractivity contribution in [2.75, 3.05) is 7.11 Å². The molecule has 0 amide bonds. The maximum atomic E-state index is 5.10. The third kappa shape index (κ3) is 3.10. The summed E-state index contributed by atoms with van der Waals surface area (Å²) >= 11 is 1.72. The van der Waals surface area contributed by atoms with Crippen LogP contribution >= 0.6 is 11.3 Å². The van der Waals surface area contributed by atoms with Gasteiger partial charge in [0.15, 0.2) is 0 Å². The Bertz CT molecular complexity index is 943. The molecular formula is C21H20N2OS. The molecule has 4 rings (SSSR count). The molecular weight excluding hydrogens is 328 g/mol. The summed E-state index contributed by atoms with van der Waals surface area (Å²) < 4.78 is 0. The van der Waals surface area contributed by atoms with E-state index in [4.69, 9.17) is 4.84 Å². The number of aromatic nitrogens is 1. The lowest BCUT2D eigenvalue weighted by Crippen LogP contribution is -2.00. The van der Waals surface area contributed by atoms with Gasteiger partial charge in [0.25, 0.3) is 0 Å². The van der Waals surface area contributed by atoms with Gasteiger partial charge in [-0.1, -0.05) is 41.6 Å². The fourth-order valence-corrected chi connectivity index (χ4v) is 4.08. The van der Waals surface area contributed by atoms with E-state index < -0.39 is 0 Å². The quantitative estimate of drug-likeness (QED) is 0.475. The van der Waals surface area contributed by atoms with E-state index in [1.165, 1.54) is 27.9 Å². The van der Waals surface area contributed by atoms with Gasteiger partial charge in [0.05, 0.1) is 10.7 Å². The summed E-state index contributed by atoms with van der Waals surface area (Å²) in [6.45, 7) is 2.06. The van der Waals surface area contributed by atoms with Crippen LogP contribution in [0, 0.1) is 6.92 Å². The molecule has 1 aliphatic rings. The molecule has 126 valence electrons. The van der Waals surface area contributed by atoms with Crippen LogP contribution in [0.4, 0.5) is 0 Å². The summed E-state index contributed by atoms with van der Waals surface area (Å²) in [7, 11) is 1.60. The normalized spacial score (nSPS) is 13.8. The molecule has 0 N–H and O–H groups in total. The fourth-order valence-electron chi connectivity index (χ4n) is 3.43. The molecule has 0 spiro atoms. The monoisotopic (exact) mass is 348 g/mol. The molecule has 25 heavy (non-hydrogen) atoms. The molecule has 0 saturated carbocycles. The van der Waals surface area contributed by atoms with Crippen LogP contribution in [-0.4, -0.2) is 17.8 Å². The Labute approximate surface area is 152 Å². The number of oxime groups is 1. The summed E-state index contributed by atoms with van der Waals surface area (Å²) in [6.07, 6.45) is 3.17. The van der Waals surface area contributed by atoms with Crippen LogP contribution in [-0.2, 0) is 17.7 Å². The first-order valence-corrected chi connectivity index (χ1v) is 9.39. The van der Waals surface area contributed by atoms with Crippen LogP contribution in [0.25, 0.3) is 11.1 Å². The SMILES string of the molecule is CO/N=C1/c2ccccc2-c2ccc(CCCc3csc(C)n3)cc21. The van der Waals surface area contributed by atoms with Gasteiger partial charge >= 0.3 is 0 Å². The van der Waals surface area contributed by atoms with Crippen LogP contribution in [0.3, 0.4) is 0 Å². The molecule has 4 heteroatoms. The first-order chi connectivity index (χ1) is 12.3. The molecule has 3 aromatic rings. The number of fused-ring (bicyclic) bond motifs is 3. The predicted molar refractivity (Wildman–Crippen MR) is 103 cm³/mol. The Kier molecular flexibility index (Phi) is 4.36. The molecule has 0 saturated heterocycles. The Morgan fingerprint density at radius 1 is 1.00 bits per heavy atom. The maximum Gasteiger partial charge on any atom is 0.118 e. The van der Waals surface area contributed by atoms with Crippen molar-refractivity contribution in [3.63, 3.8) is 0 Å². The van der Waals surface area contributed by atoms with Crippen molar-refractivity contribution in [1.82, 2.24) is 4.98 Å². The Morgan fingerprint density at radius 2 is 1.80 bits per heavy atom. The van der Waals surface area contributed by atoms with Crippen molar-refractivity contribution in [2.24, 2.45) is 5.16 Å². The highest BCUT2D eigenvalue weighted by atomic mass is 32.1. The largest absolute Gasteiger partial charge is 0.399 e. The van der Waals surface area contributed by atoms with E-state index in [1.807, 2.05) is 6.07 Å². The molecule has 2 aromatic carbocycles. The van der Waals surface area contributed by atoms with Crippen molar-refractivity contribution >= 4 is 17.0 Å². The average molecular weight is 348 g/mol. The standard InChI is InChI=1S/C21H20N2OS/c1-14-22-16(13-25-14)7-5-6-15-10-11-18-17-8-3-4-9-19(17)21(23-24-2)20(18)12-15/h3-4,8-13H,5-7H2,1-2H3/b23-21-. The van der Waals surface area contributed by atoms with Gasteiger partial charge < -0.3 is 4.84 Å². The summed E-state index contributed by atoms with van der Waals surface area (Å²) in [5, 5.41) is 7.59. The zero-order valence-corrected chi connectivity index (χ0v) is 15.3. The highest BCUT2D eigenvalue weighted by molar-refractivity contribution is 7.09. The van der Waals surface area contributed by atoms with Crippen molar-refractivity contribution in [1.29, 1.82) is 0 Å². The lowest BCUT2D eigenvalue weighted by molar-refractivity contribution is 0.214.